The zero-order valence-electron chi connectivity index (χ0n) is 13.0. The van der Waals surface area contributed by atoms with E-state index in [0.717, 1.165) is 12.8 Å². The van der Waals surface area contributed by atoms with Crippen LogP contribution < -0.4 is 0 Å². The van der Waals surface area contributed by atoms with Crippen molar-refractivity contribution in [3.63, 3.8) is 0 Å². The average molecular weight is 284 g/mol. The average Bonchev–Trinajstić information content (AvgIpc) is 2.34. The molecule has 0 aromatic heterocycles. The van der Waals surface area contributed by atoms with Crippen molar-refractivity contribution in [2.24, 2.45) is 0 Å². The molecular formula is C15H28O3Si. The van der Waals surface area contributed by atoms with Crippen LogP contribution in [0.2, 0.25) is 18.1 Å². The van der Waals surface area contributed by atoms with Crippen LogP contribution in [0.15, 0.2) is 11.6 Å². The van der Waals surface area contributed by atoms with Crippen LogP contribution in [0.25, 0.3) is 0 Å². The van der Waals surface area contributed by atoms with Crippen molar-refractivity contribution in [3.05, 3.63) is 11.6 Å². The number of hydrogen-bond donors (Lipinski definition) is 0. The van der Waals surface area contributed by atoms with Crippen molar-refractivity contribution in [2.45, 2.75) is 64.6 Å². The van der Waals surface area contributed by atoms with Gasteiger partial charge < -0.3 is 9.16 Å². The number of carbonyl (C=O) groups excluding carboxylic acids is 1. The molecule has 1 aliphatic carbocycles. The molecule has 0 heterocycles. The van der Waals surface area contributed by atoms with Crippen molar-refractivity contribution in [3.8, 4) is 0 Å². The third kappa shape index (κ3) is 5.49. The van der Waals surface area contributed by atoms with Crippen LogP contribution in [-0.4, -0.2) is 27.5 Å². The standard InChI is InChI=1S/C15H28O3Si/c1-15(2,3)19(4,5)18-12-14(16)17-11-13-9-7-6-8-10-13/h9H,6-8,10-12H2,1-5H3. The minimum absolute atomic E-state index is 0.0871. The van der Waals surface area contributed by atoms with Gasteiger partial charge in [-0.15, -0.1) is 0 Å². The molecule has 0 unspecified atom stereocenters. The second-order valence-corrected chi connectivity index (χ2v) is 11.6. The smallest absolute Gasteiger partial charge is 0.331 e. The molecule has 0 fully saturated rings. The molecule has 0 aliphatic heterocycles. The Bertz CT molecular complexity index is 340. The molecule has 0 aromatic carbocycles. The number of rotatable bonds is 5. The largest absolute Gasteiger partial charge is 0.459 e. The van der Waals surface area contributed by atoms with Gasteiger partial charge in [0, 0.05) is 0 Å². The van der Waals surface area contributed by atoms with E-state index in [4.69, 9.17) is 9.16 Å². The summed E-state index contributed by atoms with van der Waals surface area (Å²) in [5.41, 5.74) is 1.26. The van der Waals surface area contributed by atoms with Crippen LogP contribution in [0, 0.1) is 0 Å². The first-order valence-corrected chi connectivity index (χ1v) is 10.1. The van der Waals surface area contributed by atoms with E-state index in [9.17, 15) is 4.79 Å². The predicted octanol–water partition coefficient (Wildman–Crippen LogP) is 4.05. The van der Waals surface area contributed by atoms with Crippen molar-refractivity contribution < 1.29 is 14.0 Å². The van der Waals surface area contributed by atoms with Gasteiger partial charge in [-0.1, -0.05) is 26.8 Å². The molecule has 0 aromatic rings. The van der Waals surface area contributed by atoms with E-state index in [-0.39, 0.29) is 17.6 Å². The lowest BCUT2D eigenvalue weighted by molar-refractivity contribution is -0.145. The molecule has 0 radical (unpaired) electrons. The Labute approximate surface area is 118 Å². The van der Waals surface area contributed by atoms with Gasteiger partial charge in [0.15, 0.2) is 8.32 Å². The Morgan fingerprint density at radius 3 is 2.53 bits per heavy atom. The fraction of sp³-hybridized carbons (Fsp3) is 0.800. The molecule has 0 spiro atoms. The highest BCUT2D eigenvalue weighted by Crippen LogP contribution is 2.36. The van der Waals surface area contributed by atoms with E-state index in [1.54, 1.807) is 0 Å². The Morgan fingerprint density at radius 2 is 2.00 bits per heavy atom. The minimum Gasteiger partial charge on any atom is -0.459 e. The topological polar surface area (TPSA) is 35.5 Å². The molecule has 19 heavy (non-hydrogen) atoms. The van der Waals surface area contributed by atoms with E-state index in [1.807, 2.05) is 0 Å². The molecule has 0 amide bonds. The second kappa shape index (κ2) is 6.71. The van der Waals surface area contributed by atoms with Gasteiger partial charge in [0.05, 0.1) is 0 Å². The minimum atomic E-state index is -1.85. The quantitative estimate of drug-likeness (QED) is 0.434. The zero-order valence-corrected chi connectivity index (χ0v) is 14.0. The van der Waals surface area contributed by atoms with Gasteiger partial charge in [0.2, 0.25) is 0 Å². The Balaban J connectivity index is 2.30. The lowest BCUT2D eigenvalue weighted by Crippen LogP contribution is -2.42. The van der Waals surface area contributed by atoms with Crippen molar-refractivity contribution in [1.29, 1.82) is 0 Å². The highest BCUT2D eigenvalue weighted by atomic mass is 28.4. The van der Waals surface area contributed by atoms with Gasteiger partial charge in [0.1, 0.15) is 13.2 Å². The van der Waals surface area contributed by atoms with Crippen LogP contribution in [0.5, 0.6) is 0 Å². The second-order valence-electron chi connectivity index (χ2n) is 6.82. The molecule has 0 atom stereocenters. The summed E-state index contributed by atoms with van der Waals surface area (Å²) in [6.45, 7) is 11.3. The summed E-state index contributed by atoms with van der Waals surface area (Å²) in [6.07, 6.45) is 6.85. The van der Waals surface area contributed by atoms with E-state index in [2.05, 4.69) is 39.9 Å². The van der Waals surface area contributed by atoms with E-state index >= 15 is 0 Å². The first-order valence-electron chi connectivity index (χ1n) is 7.20. The molecular weight excluding hydrogens is 256 g/mol. The SMILES string of the molecule is CC(C)(C)[Si](C)(C)OCC(=O)OCC1=CCCCC1. The summed E-state index contributed by atoms with van der Waals surface area (Å²) in [6, 6.07) is 0. The molecule has 3 nitrogen and oxygen atoms in total. The van der Waals surface area contributed by atoms with Gasteiger partial charge in [0.25, 0.3) is 0 Å². The summed E-state index contributed by atoms with van der Waals surface area (Å²) in [5.74, 6) is -0.240. The third-order valence-corrected chi connectivity index (χ3v) is 8.64. The number of hydrogen-bond acceptors (Lipinski definition) is 3. The van der Waals surface area contributed by atoms with Crippen molar-refractivity contribution in [2.75, 3.05) is 13.2 Å². The summed E-state index contributed by atoms with van der Waals surface area (Å²) in [7, 11) is -1.85. The molecule has 0 saturated heterocycles. The van der Waals surface area contributed by atoms with Crippen molar-refractivity contribution in [1.82, 2.24) is 0 Å². The van der Waals surface area contributed by atoms with Gasteiger partial charge in [-0.25, -0.2) is 4.79 Å². The van der Waals surface area contributed by atoms with Gasteiger partial charge >= 0.3 is 5.97 Å². The fourth-order valence-corrected chi connectivity index (χ4v) is 2.62. The van der Waals surface area contributed by atoms with Crippen LogP contribution in [-0.2, 0) is 14.0 Å². The Hall–Kier alpha value is -0.613. The zero-order chi connectivity index (χ0) is 14.5. The molecule has 4 heteroatoms. The molecule has 0 N–H and O–H groups in total. The maximum atomic E-state index is 11.7. The molecule has 0 bridgehead atoms. The Kier molecular flexibility index (Phi) is 5.80. The maximum Gasteiger partial charge on any atom is 0.331 e. The maximum absolute atomic E-state index is 11.7. The van der Waals surface area contributed by atoms with Gasteiger partial charge in [-0.05, 0) is 49.4 Å². The highest BCUT2D eigenvalue weighted by molar-refractivity contribution is 6.74. The normalized spacial score (nSPS) is 17.0. The Morgan fingerprint density at radius 1 is 1.32 bits per heavy atom. The summed E-state index contributed by atoms with van der Waals surface area (Å²) in [5, 5.41) is 0.124. The van der Waals surface area contributed by atoms with E-state index in [0.29, 0.717) is 6.61 Å². The molecule has 110 valence electrons. The van der Waals surface area contributed by atoms with E-state index < -0.39 is 8.32 Å². The summed E-state index contributed by atoms with van der Waals surface area (Å²) in [4.78, 5) is 11.7. The lowest BCUT2D eigenvalue weighted by atomic mass is 10.0. The predicted molar refractivity (Wildman–Crippen MR) is 80.7 cm³/mol. The van der Waals surface area contributed by atoms with Crippen LogP contribution >= 0.6 is 0 Å². The van der Waals surface area contributed by atoms with Crippen LogP contribution in [0.1, 0.15) is 46.5 Å². The van der Waals surface area contributed by atoms with Crippen molar-refractivity contribution >= 4 is 14.3 Å². The molecule has 1 rings (SSSR count). The fourth-order valence-electron chi connectivity index (χ4n) is 1.71. The van der Waals surface area contributed by atoms with E-state index in [1.165, 1.54) is 18.4 Å². The lowest BCUT2D eigenvalue weighted by Gasteiger charge is -2.35. The summed E-state index contributed by atoms with van der Waals surface area (Å²) < 4.78 is 11.1. The highest BCUT2D eigenvalue weighted by Gasteiger charge is 2.37. The van der Waals surface area contributed by atoms with Gasteiger partial charge in [-0.2, -0.15) is 0 Å². The third-order valence-electron chi connectivity index (χ3n) is 4.16. The summed E-state index contributed by atoms with van der Waals surface area (Å²) >= 11 is 0. The monoisotopic (exact) mass is 284 g/mol. The number of carbonyl (C=O) groups is 1. The number of allylic oxidation sites excluding steroid dienone is 1. The number of ether oxygens (including phenoxy) is 1. The molecule has 0 saturated carbocycles. The van der Waals surface area contributed by atoms with Crippen LogP contribution in [0.3, 0.4) is 0 Å². The first kappa shape index (κ1) is 16.4. The number of esters is 1. The van der Waals surface area contributed by atoms with Crippen LogP contribution in [0.4, 0.5) is 0 Å². The molecule has 1 aliphatic rings. The first-order chi connectivity index (χ1) is 8.72. The van der Waals surface area contributed by atoms with Gasteiger partial charge in [-0.3, -0.25) is 0 Å².